The van der Waals surface area contributed by atoms with Crippen LogP contribution in [0.2, 0.25) is 5.02 Å². The Morgan fingerprint density at radius 1 is 1.59 bits per heavy atom. The smallest absolute Gasteiger partial charge is 0.339 e. The summed E-state index contributed by atoms with van der Waals surface area (Å²) in [5.41, 5.74) is 0.353. The molecule has 1 atom stereocenters. The van der Waals surface area contributed by atoms with E-state index in [0.29, 0.717) is 10.9 Å². The molecule has 1 heterocycles. The number of hydrogen-bond acceptors (Lipinski definition) is 6. The number of thioether (sulfide) groups is 1. The Labute approximate surface area is 137 Å². The number of nitrogens with zero attached hydrogens (tertiary/aromatic N) is 2. The van der Waals surface area contributed by atoms with Gasteiger partial charge >= 0.3 is 5.97 Å². The zero-order valence-corrected chi connectivity index (χ0v) is 13.9. The van der Waals surface area contributed by atoms with Crippen molar-refractivity contribution in [1.82, 2.24) is 0 Å². The number of nitro groups is 1. The van der Waals surface area contributed by atoms with Gasteiger partial charge < -0.3 is 9.64 Å². The van der Waals surface area contributed by atoms with Crippen molar-refractivity contribution in [2.24, 2.45) is 0 Å². The van der Waals surface area contributed by atoms with Crippen LogP contribution in [0.5, 0.6) is 0 Å². The van der Waals surface area contributed by atoms with Crippen molar-refractivity contribution in [3.05, 3.63) is 32.8 Å². The van der Waals surface area contributed by atoms with Gasteiger partial charge in [0.1, 0.15) is 5.69 Å². The van der Waals surface area contributed by atoms with Crippen molar-refractivity contribution in [1.29, 1.82) is 0 Å². The molecule has 1 aliphatic rings. The summed E-state index contributed by atoms with van der Waals surface area (Å²) in [5.74, 6) is 0.228. The van der Waals surface area contributed by atoms with Gasteiger partial charge in [-0.1, -0.05) is 18.5 Å². The Bertz CT molecular complexity index is 596. The molecular formula is C14H17ClN2O4S. The molecule has 1 aliphatic heterocycles. The lowest BCUT2D eigenvalue weighted by molar-refractivity contribution is -0.384. The Kier molecular flexibility index (Phi) is 5.52. The maximum absolute atomic E-state index is 11.6. The molecule has 0 amide bonds. The number of benzene rings is 1. The molecule has 6 nitrogen and oxygen atoms in total. The van der Waals surface area contributed by atoms with Crippen LogP contribution in [0.4, 0.5) is 11.4 Å². The van der Waals surface area contributed by atoms with E-state index < -0.39 is 10.9 Å². The second kappa shape index (κ2) is 7.19. The third-order valence-corrected chi connectivity index (χ3v) is 5.29. The number of esters is 1. The van der Waals surface area contributed by atoms with Crippen molar-refractivity contribution in [3.63, 3.8) is 0 Å². The Balaban J connectivity index is 2.44. The highest BCUT2D eigenvalue weighted by molar-refractivity contribution is 8.00. The van der Waals surface area contributed by atoms with Crippen LogP contribution >= 0.6 is 23.4 Å². The van der Waals surface area contributed by atoms with Gasteiger partial charge in [-0.15, -0.1) is 0 Å². The molecule has 0 aromatic heterocycles. The van der Waals surface area contributed by atoms with Gasteiger partial charge in [0.05, 0.1) is 22.6 Å². The lowest BCUT2D eigenvalue weighted by Crippen LogP contribution is -2.38. The predicted molar refractivity (Wildman–Crippen MR) is 88.2 cm³/mol. The van der Waals surface area contributed by atoms with Crippen LogP contribution in [0.1, 0.15) is 23.7 Å². The van der Waals surface area contributed by atoms with Gasteiger partial charge in [0.25, 0.3) is 5.69 Å². The fraction of sp³-hybridized carbons (Fsp3) is 0.500. The van der Waals surface area contributed by atoms with Crippen LogP contribution in [0.15, 0.2) is 12.1 Å². The second-order valence-electron chi connectivity index (χ2n) is 4.92. The van der Waals surface area contributed by atoms with Gasteiger partial charge in [-0.2, -0.15) is 11.8 Å². The number of ether oxygens (including phenoxy) is 1. The van der Waals surface area contributed by atoms with Gasteiger partial charge in [0.15, 0.2) is 0 Å². The van der Waals surface area contributed by atoms with Gasteiger partial charge in [0.2, 0.25) is 0 Å². The van der Waals surface area contributed by atoms with E-state index in [9.17, 15) is 14.9 Å². The summed E-state index contributed by atoms with van der Waals surface area (Å²) in [7, 11) is 1.21. The molecule has 0 spiro atoms. The molecule has 0 saturated carbocycles. The Hall–Kier alpha value is -1.47. The van der Waals surface area contributed by atoms with Crippen molar-refractivity contribution < 1.29 is 14.5 Å². The van der Waals surface area contributed by atoms with E-state index in [2.05, 4.69) is 11.7 Å². The maximum Gasteiger partial charge on any atom is 0.339 e. The zero-order valence-electron chi connectivity index (χ0n) is 12.4. The molecule has 1 fully saturated rings. The molecule has 1 aromatic carbocycles. The van der Waals surface area contributed by atoms with Crippen molar-refractivity contribution in [2.75, 3.05) is 30.9 Å². The van der Waals surface area contributed by atoms with Gasteiger partial charge in [-0.3, -0.25) is 10.1 Å². The largest absolute Gasteiger partial charge is 0.465 e. The standard InChI is InChI=1S/C14H17ClN2O4S/c1-3-9-8-16(4-5-22-9)12-7-11(15)10(14(18)21-2)6-13(12)17(19)20/h6-7,9H,3-5,8H2,1-2H3. The third kappa shape index (κ3) is 3.47. The Morgan fingerprint density at radius 3 is 2.91 bits per heavy atom. The highest BCUT2D eigenvalue weighted by atomic mass is 35.5. The first kappa shape index (κ1) is 16.9. The van der Waals surface area contributed by atoms with E-state index in [4.69, 9.17) is 11.6 Å². The number of methoxy groups -OCH3 is 1. The summed E-state index contributed by atoms with van der Waals surface area (Å²) >= 11 is 7.99. The molecule has 0 bridgehead atoms. The molecule has 22 heavy (non-hydrogen) atoms. The molecule has 0 aliphatic carbocycles. The first-order chi connectivity index (χ1) is 10.5. The highest BCUT2D eigenvalue weighted by Gasteiger charge is 2.28. The number of nitro benzene ring substituents is 1. The van der Waals surface area contributed by atoms with E-state index in [0.717, 1.165) is 25.3 Å². The van der Waals surface area contributed by atoms with E-state index in [1.807, 2.05) is 16.7 Å². The molecule has 8 heteroatoms. The summed E-state index contributed by atoms with van der Waals surface area (Å²) in [6.45, 7) is 3.55. The number of halogens is 1. The molecule has 1 unspecified atom stereocenters. The van der Waals surface area contributed by atoms with Crippen molar-refractivity contribution in [2.45, 2.75) is 18.6 Å². The summed E-state index contributed by atoms with van der Waals surface area (Å²) in [6.07, 6.45) is 1.00. The average Bonchev–Trinajstić information content (AvgIpc) is 2.53. The normalized spacial score (nSPS) is 18.1. The van der Waals surface area contributed by atoms with Crippen molar-refractivity contribution >= 4 is 40.7 Å². The van der Waals surface area contributed by atoms with E-state index in [1.165, 1.54) is 19.2 Å². The van der Waals surface area contributed by atoms with E-state index in [-0.39, 0.29) is 16.3 Å². The number of carbonyl (C=O) groups excluding carboxylic acids is 1. The topological polar surface area (TPSA) is 72.7 Å². The lowest BCUT2D eigenvalue weighted by atomic mass is 10.1. The van der Waals surface area contributed by atoms with Crippen molar-refractivity contribution in [3.8, 4) is 0 Å². The van der Waals surface area contributed by atoms with E-state index >= 15 is 0 Å². The maximum atomic E-state index is 11.6. The number of carbonyl (C=O) groups is 1. The summed E-state index contributed by atoms with van der Waals surface area (Å²) in [6, 6.07) is 2.70. The molecule has 0 N–H and O–H groups in total. The molecule has 1 saturated heterocycles. The molecule has 1 aromatic rings. The number of hydrogen-bond donors (Lipinski definition) is 0. The minimum Gasteiger partial charge on any atom is -0.465 e. The molecule has 2 rings (SSSR count). The molecule has 0 radical (unpaired) electrons. The van der Waals surface area contributed by atoms with Crippen LogP contribution in [-0.2, 0) is 4.74 Å². The second-order valence-corrected chi connectivity index (χ2v) is 6.73. The predicted octanol–water partition coefficient (Wildman–Crippen LogP) is 3.37. The number of rotatable bonds is 4. The average molecular weight is 345 g/mol. The molecular weight excluding hydrogens is 328 g/mol. The SMILES string of the molecule is CCC1CN(c2cc(Cl)c(C(=O)OC)cc2[N+](=O)[O-])CCS1. The van der Waals surface area contributed by atoms with Gasteiger partial charge in [-0.25, -0.2) is 4.79 Å². The van der Waals surface area contributed by atoms with Crippen LogP contribution in [0.3, 0.4) is 0 Å². The summed E-state index contributed by atoms with van der Waals surface area (Å²) in [5, 5.41) is 12.0. The van der Waals surface area contributed by atoms with Crippen LogP contribution in [-0.4, -0.2) is 42.1 Å². The Morgan fingerprint density at radius 2 is 2.32 bits per heavy atom. The minimum absolute atomic E-state index is 0.0121. The summed E-state index contributed by atoms with van der Waals surface area (Å²) < 4.78 is 4.61. The van der Waals surface area contributed by atoms with Gasteiger partial charge in [0, 0.05) is 30.2 Å². The van der Waals surface area contributed by atoms with E-state index in [1.54, 1.807) is 0 Å². The van der Waals surface area contributed by atoms with Crippen LogP contribution < -0.4 is 4.90 Å². The lowest BCUT2D eigenvalue weighted by Gasteiger charge is -2.33. The first-order valence-corrected chi connectivity index (χ1v) is 8.33. The third-order valence-electron chi connectivity index (χ3n) is 3.60. The number of anilines is 1. The summed E-state index contributed by atoms with van der Waals surface area (Å²) in [4.78, 5) is 24.5. The van der Waals surface area contributed by atoms with Crippen LogP contribution in [0.25, 0.3) is 0 Å². The molecule has 120 valence electrons. The fourth-order valence-electron chi connectivity index (χ4n) is 2.40. The van der Waals surface area contributed by atoms with Gasteiger partial charge in [-0.05, 0) is 12.5 Å². The monoisotopic (exact) mass is 344 g/mol. The minimum atomic E-state index is -0.680. The zero-order chi connectivity index (χ0) is 16.3. The van der Waals surface area contributed by atoms with Crippen LogP contribution in [0, 0.1) is 10.1 Å². The highest BCUT2D eigenvalue weighted by Crippen LogP contribution is 2.36. The fourth-order valence-corrected chi connectivity index (χ4v) is 3.82. The first-order valence-electron chi connectivity index (χ1n) is 6.90. The quantitative estimate of drug-likeness (QED) is 0.473.